The van der Waals surface area contributed by atoms with Gasteiger partial charge in [0.2, 0.25) is 0 Å². The third-order valence-corrected chi connectivity index (χ3v) is 3.48. The van der Waals surface area contributed by atoms with Crippen molar-refractivity contribution in [3.63, 3.8) is 0 Å². The van der Waals surface area contributed by atoms with Crippen LogP contribution in [0.5, 0.6) is 0 Å². The van der Waals surface area contributed by atoms with E-state index in [1.807, 2.05) is 0 Å². The standard InChI is InChI=1S/C14H19N3O4/c1-2-21-14(18)16-9-7-11(8-10-16)15-12-5-3-4-6-13(12)17(19)20/h3-6,11,15H,2,7-10H2,1H3. The van der Waals surface area contributed by atoms with Crippen LogP contribution in [0.25, 0.3) is 0 Å². The highest BCUT2D eigenvalue weighted by molar-refractivity contribution is 5.67. The van der Waals surface area contributed by atoms with Gasteiger partial charge in [-0.1, -0.05) is 12.1 Å². The Morgan fingerprint density at radius 1 is 1.43 bits per heavy atom. The second-order valence-electron chi connectivity index (χ2n) is 4.88. The summed E-state index contributed by atoms with van der Waals surface area (Å²) in [6.45, 7) is 3.34. The van der Waals surface area contributed by atoms with Crippen LogP contribution in [0.3, 0.4) is 0 Å². The van der Waals surface area contributed by atoms with Crippen LogP contribution in [0.4, 0.5) is 16.2 Å². The SMILES string of the molecule is CCOC(=O)N1CCC(Nc2ccccc2[N+](=O)[O-])CC1. The highest BCUT2D eigenvalue weighted by atomic mass is 16.6. The highest BCUT2D eigenvalue weighted by Crippen LogP contribution is 2.26. The Balaban J connectivity index is 1.92. The van der Waals surface area contributed by atoms with Crippen LogP contribution in [0.15, 0.2) is 24.3 Å². The average Bonchev–Trinajstić information content (AvgIpc) is 2.48. The molecule has 0 aromatic heterocycles. The number of nitrogens with one attached hydrogen (secondary N) is 1. The van der Waals surface area contributed by atoms with Crippen LogP contribution in [-0.2, 0) is 4.74 Å². The van der Waals surface area contributed by atoms with Gasteiger partial charge in [0, 0.05) is 25.2 Å². The molecule has 7 nitrogen and oxygen atoms in total. The van der Waals surface area contributed by atoms with Crippen molar-refractivity contribution in [1.82, 2.24) is 4.90 Å². The molecule has 7 heteroatoms. The molecule has 1 aromatic carbocycles. The minimum absolute atomic E-state index is 0.0744. The number of amides is 1. The number of hydrogen-bond acceptors (Lipinski definition) is 5. The number of benzene rings is 1. The first-order valence-electron chi connectivity index (χ1n) is 7.03. The Morgan fingerprint density at radius 3 is 2.71 bits per heavy atom. The van der Waals surface area contributed by atoms with Crippen molar-refractivity contribution in [2.45, 2.75) is 25.8 Å². The monoisotopic (exact) mass is 293 g/mol. The Morgan fingerprint density at radius 2 is 2.10 bits per heavy atom. The molecule has 0 spiro atoms. The van der Waals surface area contributed by atoms with E-state index in [2.05, 4.69) is 5.32 Å². The van der Waals surface area contributed by atoms with Crippen LogP contribution in [0, 0.1) is 10.1 Å². The van der Waals surface area contributed by atoms with Crippen molar-refractivity contribution in [2.24, 2.45) is 0 Å². The Bertz CT molecular complexity index is 513. The summed E-state index contributed by atoms with van der Waals surface area (Å²) in [7, 11) is 0. The zero-order valence-corrected chi connectivity index (χ0v) is 11.9. The minimum atomic E-state index is -0.393. The van der Waals surface area contributed by atoms with E-state index in [0.29, 0.717) is 25.4 Å². The van der Waals surface area contributed by atoms with Gasteiger partial charge in [0.05, 0.1) is 11.5 Å². The molecule has 1 amide bonds. The largest absolute Gasteiger partial charge is 0.450 e. The van der Waals surface area contributed by atoms with Crippen molar-refractivity contribution in [1.29, 1.82) is 0 Å². The van der Waals surface area contributed by atoms with Crippen LogP contribution >= 0.6 is 0 Å². The number of rotatable bonds is 4. The van der Waals surface area contributed by atoms with Gasteiger partial charge in [0.15, 0.2) is 0 Å². The molecular weight excluding hydrogens is 274 g/mol. The van der Waals surface area contributed by atoms with E-state index in [1.54, 1.807) is 30.0 Å². The van der Waals surface area contributed by atoms with Crippen molar-refractivity contribution in [3.8, 4) is 0 Å². The molecule has 0 saturated carbocycles. The number of ether oxygens (including phenoxy) is 1. The maximum atomic E-state index is 11.6. The van der Waals surface area contributed by atoms with Gasteiger partial charge in [-0.25, -0.2) is 4.79 Å². The van der Waals surface area contributed by atoms with Gasteiger partial charge < -0.3 is 15.0 Å². The smallest absolute Gasteiger partial charge is 0.409 e. The van der Waals surface area contributed by atoms with Crippen LogP contribution in [-0.4, -0.2) is 41.7 Å². The molecule has 2 rings (SSSR count). The summed E-state index contributed by atoms with van der Waals surface area (Å²) in [6.07, 6.45) is 1.19. The lowest BCUT2D eigenvalue weighted by atomic mass is 10.0. The van der Waals surface area contributed by atoms with E-state index < -0.39 is 4.92 Å². The maximum absolute atomic E-state index is 11.6. The van der Waals surface area contributed by atoms with E-state index >= 15 is 0 Å². The van der Waals surface area contributed by atoms with Gasteiger partial charge in [-0.15, -0.1) is 0 Å². The lowest BCUT2D eigenvalue weighted by molar-refractivity contribution is -0.384. The molecule has 0 radical (unpaired) electrons. The first kappa shape index (κ1) is 15.1. The number of hydrogen-bond donors (Lipinski definition) is 1. The lowest BCUT2D eigenvalue weighted by Gasteiger charge is -2.32. The number of piperidine rings is 1. The summed E-state index contributed by atoms with van der Waals surface area (Å²) in [5.74, 6) is 0. The average molecular weight is 293 g/mol. The number of para-hydroxylation sites is 2. The van der Waals surface area contributed by atoms with Crippen LogP contribution in [0.2, 0.25) is 0 Å². The molecule has 1 N–H and O–H groups in total. The second kappa shape index (κ2) is 6.92. The molecule has 0 atom stereocenters. The Labute approximate surface area is 123 Å². The molecule has 1 aromatic rings. The number of likely N-dealkylation sites (tertiary alicyclic amines) is 1. The quantitative estimate of drug-likeness (QED) is 0.681. The number of nitro benzene ring substituents is 1. The maximum Gasteiger partial charge on any atom is 0.409 e. The molecule has 1 aliphatic rings. The summed E-state index contributed by atoms with van der Waals surface area (Å²) >= 11 is 0. The third-order valence-electron chi connectivity index (χ3n) is 3.48. The number of nitro groups is 1. The molecule has 1 fully saturated rings. The van der Waals surface area contributed by atoms with Gasteiger partial charge in [0.25, 0.3) is 5.69 Å². The van der Waals surface area contributed by atoms with Crippen molar-refractivity contribution in [3.05, 3.63) is 34.4 Å². The normalized spacial score (nSPS) is 15.6. The van der Waals surface area contributed by atoms with E-state index in [-0.39, 0.29) is 17.8 Å². The van der Waals surface area contributed by atoms with Gasteiger partial charge in [0.1, 0.15) is 5.69 Å². The Kier molecular flexibility index (Phi) is 4.97. The number of carbonyl (C=O) groups is 1. The van der Waals surface area contributed by atoms with E-state index in [1.165, 1.54) is 6.07 Å². The van der Waals surface area contributed by atoms with E-state index in [9.17, 15) is 14.9 Å². The molecule has 0 bridgehead atoms. The Hall–Kier alpha value is -2.31. The first-order valence-corrected chi connectivity index (χ1v) is 7.03. The van der Waals surface area contributed by atoms with Gasteiger partial charge in [-0.2, -0.15) is 0 Å². The summed E-state index contributed by atoms with van der Waals surface area (Å²) in [5.41, 5.74) is 0.599. The lowest BCUT2D eigenvalue weighted by Crippen LogP contribution is -2.42. The topological polar surface area (TPSA) is 84.7 Å². The van der Waals surface area contributed by atoms with Gasteiger partial charge >= 0.3 is 6.09 Å². The van der Waals surface area contributed by atoms with Crippen molar-refractivity contribution in [2.75, 3.05) is 25.0 Å². The second-order valence-corrected chi connectivity index (χ2v) is 4.88. The summed E-state index contributed by atoms with van der Waals surface area (Å²) < 4.78 is 4.96. The van der Waals surface area contributed by atoms with Crippen molar-refractivity contribution < 1.29 is 14.5 Å². The predicted octanol–water partition coefficient (Wildman–Crippen LogP) is 2.63. The van der Waals surface area contributed by atoms with Crippen LogP contribution < -0.4 is 5.32 Å². The summed E-state index contributed by atoms with van der Waals surface area (Å²) in [5, 5.41) is 14.2. The van der Waals surface area contributed by atoms with E-state index in [4.69, 9.17) is 4.74 Å². The summed E-state index contributed by atoms with van der Waals surface area (Å²) in [6, 6.07) is 6.72. The number of anilines is 1. The summed E-state index contributed by atoms with van der Waals surface area (Å²) in [4.78, 5) is 23.8. The van der Waals surface area contributed by atoms with E-state index in [0.717, 1.165) is 12.8 Å². The number of nitrogens with zero attached hydrogens (tertiary/aromatic N) is 2. The van der Waals surface area contributed by atoms with Crippen molar-refractivity contribution >= 4 is 17.5 Å². The molecule has 0 aliphatic carbocycles. The fourth-order valence-corrected chi connectivity index (χ4v) is 2.40. The molecule has 21 heavy (non-hydrogen) atoms. The fourth-order valence-electron chi connectivity index (χ4n) is 2.40. The molecule has 1 saturated heterocycles. The predicted molar refractivity (Wildman–Crippen MR) is 78.3 cm³/mol. The molecule has 114 valence electrons. The molecule has 1 heterocycles. The third kappa shape index (κ3) is 3.84. The van der Waals surface area contributed by atoms with Gasteiger partial charge in [-0.05, 0) is 25.8 Å². The molecular formula is C14H19N3O4. The zero-order valence-electron chi connectivity index (χ0n) is 11.9. The van der Waals surface area contributed by atoms with Gasteiger partial charge in [-0.3, -0.25) is 10.1 Å². The highest BCUT2D eigenvalue weighted by Gasteiger charge is 2.24. The fraction of sp³-hybridized carbons (Fsp3) is 0.500. The molecule has 1 aliphatic heterocycles. The first-order chi connectivity index (χ1) is 10.1. The molecule has 0 unspecified atom stereocenters. The zero-order chi connectivity index (χ0) is 15.2. The minimum Gasteiger partial charge on any atom is -0.450 e. The van der Waals surface area contributed by atoms with Crippen LogP contribution in [0.1, 0.15) is 19.8 Å². The number of carbonyl (C=O) groups excluding carboxylic acids is 1.